The second kappa shape index (κ2) is 3.49. The van der Waals surface area contributed by atoms with Gasteiger partial charge in [0.05, 0.1) is 0 Å². The van der Waals surface area contributed by atoms with Gasteiger partial charge in [-0.05, 0) is 47.7 Å². The molecule has 0 aromatic heterocycles. The van der Waals surface area contributed by atoms with Gasteiger partial charge in [0, 0.05) is 15.2 Å². The smallest absolute Gasteiger partial charge is 0.131 e. The van der Waals surface area contributed by atoms with Crippen LogP contribution in [0.25, 0.3) is 0 Å². The molecular weight excluding hydrogens is 287 g/mol. The molecule has 1 aliphatic rings. The molecule has 70 valence electrons. The van der Waals surface area contributed by atoms with Crippen molar-refractivity contribution in [3.05, 3.63) is 32.9 Å². The molecule has 1 atom stereocenters. The number of rotatable bonds is 1. The van der Waals surface area contributed by atoms with Crippen molar-refractivity contribution in [2.75, 3.05) is 6.54 Å². The summed E-state index contributed by atoms with van der Waals surface area (Å²) in [5.74, 6) is -0.886. The number of hydrogen-bond donors (Lipinski definition) is 1. The predicted octanol–water partition coefficient (Wildman–Crippen LogP) is 2.60. The summed E-state index contributed by atoms with van der Waals surface area (Å²) >= 11 is 1.90. The first kappa shape index (κ1) is 9.33. The Bertz CT molecular complexity index is 313. The molecule has 4 heteroatoms. The minimum absolute atomic E-state index is 0.128. The molecule has 13 heavy (non-hydrogen) atoms. The van der Waals surface area contributed by atoms with Crippen molar-refractivity contribution in [2.45, 2.75) is 12.5 Å². The van der Waals surface area contributed by atoms with Crippen LogP contribution >= 0.6 is 22.6 Å². The molecule has 1 heterocycles. The van der Waals surface area contributed by atoms with Crippen LogP contribution in [-0.4, -0.2) is 6.54 Å². The molecule has 1 fully saturated rings. The second-order valence-electron chi connectivity index (χ2n) is 3.08. The molecule has 2 rings (SSSR count). The number of nitrogens with one attached hydrogen (secondary N) is 1. The Morgan fingerprint density at radius 3 is 2.23 bits per heavy atom. The Morgan fingerprint density at radius 2 is 1.85 bits per heavy atom. The Labute approximate surface area is 88.7 Å². The lowest BCUT2D eigenvalue weighted by atomic mass is 9.97. The van der Waals surface area contributed by atoms with E-state index in [2.05, 4.69) is 5.32 Å². The lowest BCUT2D eigenvalue weighted by molar-refractivity contribution is 0.355. The van der Waals surface area contributed by atoms with Gasteiger partial charge in [-0.25, -0.2) is 8.78 Å². The zero-order valence-corrected chi connectivity index (χ0v) is 8.94. The zero-order valence-electron chi connectivity index (χ0n) is 6.78. The van der Waals surface area contributed by atoms with Crippen LogP contribution in [0.2, 0.25) is 0 Å². The monoisotopic (exact) mass is 295 g/mol. The molecule has 0 saturated carbocycles. The van der Waals surface area contributed by atoms with Crippen molar-refractivity contribution in [3.8, 4) is 0 Å². The third kappa shape index (κ3) is 1.69. The first-order valence-corrected chi connectivity index (χ1v) is 5.14. The number of hydrogen-bond acceptors (Lipinski definition) is 1. The fraction of sp³-hybridized carbons (Fsp3) is 0.333. The average molecular weight is 295 g/mol. The minimum atomic E-state index is -0.443. The van der Waals surface area contributed by atoms with Crippen molar-refractivity contribution >= 4 is 22.6 Å². The molecule has 0 amide bonds. The van der Waals surface area contributed by atoms with E-state index in [9.17, 15) is 8.78 Å². The van der Waals surface area contributed by atoms with Gasteiger partial charge in [-0.3, -0.25) is 0 Å². The minimum Gasteiger partial charge on any atom is -0.310 e. The lowest BCUT2D eigenvalue weighted by Gasteiger charge is -2.28. The summed E-state index contributed by atoms with van der Waals surface area (Å²) < 4.78 is 27.2. The summed E-state index contributed by atoms with van der Waals surface area (Å²) in [7, 11) is 0. The SMILES string of the molecule is Fc1cc(I)cc(F)c1C1CCN1. The highest BCUT2D eigenvalue weighted by molar-refractivity contribution is 14.1. The molecule has 0 bridgehead atoms. The Balaban J connectivity index is 2.43. The van der Waals surface area contributed by atoms with Crippen LogP contribution in [0, 0.1) is 15.2 Å². The molecule has 1 aromatic carbocycles. The number of halogens is 3. The van der Waals surface area contributed by atoms with Gasteiger partial charge in [0.15, 0.2) is 0 Å². The first-order chi connectivity index (χ1) is 6.18. The third-order valence-electron chi connectivity index (χ3n) is 2.22. The maximum atomic E-state index is 13.3. The summed E-state index contributed by atoms with van der Waals surface area (Å²) in [4.78, 5) is 0. The zero-order chi connectivity index (χ0) is 9.42. The Hall–Kier alpha value is -0.230. The highest BCUT2D eigenvalue weighted by atomic mass is 127. The van der Waals surface area contributed by atoms with Crippen molar-refractivity contribution in [1.29, 1.82) is 0 Å². The summed E-state index contributed by atoms with van der Waals surface area (Å²) in [5.41, 5.74) is 0.187. The van der Waals surface area contributed by atoms with Gasteiger partial charge in [-0.1, -0.05) is 0 Å². The van der Waals surface area contributed by atoms with Crippen LogP contribution in [-0.2, 0) is 0 Å². The fourth-order valence-corrected chi connectivity index (χ4v) is 1.97. The van der Waals surface area contributed by atoms with E-state index in [-0.39, 0.29) is 11.6 Å². The van der Waals surface area contributed by atoms with Crippen LogP contribution in [0.4, 0.5) is 8.78 Å². The van der Waals surface area contributed by atoms with Crippen molar-refractivity contribution in [3.63, 3.8) is 0 Å². The summed E-state index contributed by atoms with van der Waals surface area (Å²) in [6, 6.07) is 2.59. The van der Waals surface area contributed by atoms with E-state index in [4.69, 9.17) is 0 Å². The highest BCUT2D eigenvalue weighted by Crippen LogP contribution is 2.28. The highest BCUT2D eigenvalue weighted by Gasteiger charge is 2.25. The van der Waals surface area contributed by atoms with Gasteiger partial charge in [0.25, 0.3) is 0 Å². The van der Waals surface area contributed by atoms with Crippen molar-refractivity contribution < 1.29 is 8.78 Å². The van der Waals surface area contributed by atoms with E-state index >= 15 is 0 Å². The predicted molar refractivity (Wildman–Crippen MR) is 54.4 cm³/mol. The molecule has 0 spiro atoms. The van der Waals surface area contributed by atoms with E-state index in [1.807, 2.05) is 22.6 Å². The molecule has 1 aromatic rings. The third-order valence-corrected chi connectivity index (χ3v) is 2.84. The normalized spacial score (nSPS) is 21.3. The Kier molecular flexibility index (Phi) is 2.51. The molecule has 1 N–H and O–H groups in total. The average Bonchev–Trinajstić information content (AvgIpc) is 1.92. The van der Waals surface area contributed by atoms with Crippen molar-refractivity contribution in [2.24, 2.45) is 0 Å². The standard InChI is InChI=1S/C9H8F2IN/c10-6-3-5(12)4-7(11)9(6)8-1-2-13-8/h3-4,8,13H,1-2H2. The molecule has 1 aliphatic heterocycles. The van der Waals surface area contributed by atoms with E-state index in [0.717, 1.165) is 13.0 Å². The van der Waals surface area contributed by atoms with Gasteiger partial charge >= 0.3 is 0 Å². The first-order valence-electron chi connectivity index (χ1n) is 4.06. The fourth-order valence-electron chi connectivity index (χ4n) is 1.42. The van der Waals surface area contributed by atoms with Gasteiger partial charge in [-0.2, -0.15) is 0 Å². The summed E-state index contributed by atoms with van der Waals surface area (Å²) in [5, 5.41) is 2.98. The van der Waals surface area contributed by atoms with Crippen LogP contribution in [0.15, 0.2) is 12.1 Å². The molecule has 1 nitrogen and oxygen atoms in total. The van der Waals surface area contributed by atoms with Crippen LogP contribution in [0.1, 0.15) is 18.0 Å². The molecule has 0 radical (unpaired) electrons. The maximum absolute atomic E-state index is 13.3. The van der Waals surface area contributed by atoms with Gasteiger partial charge in [-0.15, -0.1) is 0 Å². The molecular formula is C9H8F2IN. The van der Waals surface area contributed by atoms with Crippen LogP contribution in [0.5, 0.6) is 0 Å². The summed E-state index contributed by atoms with van der Waals surface area (Å²) in [6.07, 6.45) is 0.814. The van der Waals surface area contributed by atoms with Crippen LogP contribution in [0.3, 0.4) is 0 Å². The lowest BCUT2D eigenvalue weighted by Crippen LogP contribution is -2.36. The van der Waals surface area contributed by atoms with Crippen LogP contribution < -0.4 is 5.32 Å². The molecule has 0 aliphatic carbocycles. The van der Waals surface area contributed by atoms with E-state index < -0.39 is 11.6 Å². The van der Waals surface area contributed by atoms with Gasteiger partial charge in [0.2, 0.25) is 0 Å². The maximum Gasteiger partial charge on any atom is 0.131 e. The van der Waals surface area contributed by atoms with Gasteiger partial charge < -0.3 is 5.32 Å². The second-order valence-corrected chi connectivity index (χ2v) is 4.32. The van der Waals surface area contributed by atoms with E-state index in [0.29, 0.717) is 3.57 Å². The van der Waals surface area contributed by atoms with E-state index in [1.165, 1.54) is 12.1 Å². The molecule has 1 saturated heterocycles. The summed E-state index contributed by atoms with van der Waals surface area (Å²) in [6.45, 7) is 0.843. The molecule has 1 unspecified atom stereocenters. The quantitative estimate of drug-likeness (QED) is 0.785. The van der Waals surface area contributed by atoms with Gasteiger partial charge in [0.1, 0.15) is 11.6 Å². The Morgan fingerprint density at radius 1 is 1.31 bits per heavy atom. The van der Waals surface area contributed by atoms with E-state index in [1.54, 1.807) is 0 Å². The topological polar surface area (TPSA) is 12.0 Å². The number of benzene rings is 1. The van der Waals surface area contributed by atoms with Crippen molar-refractivity contribution in [1.82, 2.24) is 5.32 Å². The largest absolute Gasteiger partial charge is 0.310 e.